The average molecular weight is 254 g/mol. The highest BCUT2D eigenvalue weighted by atomic mass is 35.5. The zero-order valence-corrected chi connectivity index (χ0v) is 11.1. The van der Waals surface area contributed by atoms with Crippen molar-refractivity contribution in [3.05, 3.63) is 28.3 Å². The molecule has 2 N–H and O–H groups in total. The molecule has 0 radical (unpaired) electrons. The molecule has 0 unspecified atom stereocenters. The molecular formula is C14H20ClNO. The minimum atomic E-state index is 0.655. The first-order valence-corrected chi connectivity index (χ1v) is 6.76. The summed E-state index contributed by atoms with van der Waals surface area (Å²) in [5, 5.41) is 0.730. The second kappa shape index (κ2) is 5.74. The molecule has 0 aliphatic heterocycles. The average Bonchev–Trinajstić information content (AvgIpc) is 3.11. The fourth-order valence-electron chi connectivity index (χ4n) is 1.93. The fourth-order valence-corrected chi connectivity index (χ4v) is 2.25. The Hall–Kier alpha value is -0.730. The van der Waals surface area contributed by atoms with E-state index in [1.165, 1.54) is 24.0 Å². The number of benzene rings is 1. The Balaban J connectivity index is 2.16. The predicted octanol–water partition coefficient (Wildman–Crippen LogP) is 3.19. The van der Waals surface area contributed by atoms with Gasteiger partial charge in [0.2, 0.25) is 0 Å². The molecular weight excluding hydrogens is 234 g/mol. The first-order valence-electron chi connectivity index (χ1n) is 6.38. The van der Waals surface area contributed by atoms with Gasteiger partial charge in [-0.1, -0.05) is 24.6 Å². The lowest BCUT2D eigenvalue weighted by atomic mass is 10.1. The Bertz CT molecular complexity index is 388. The van der Waals surface area contributed by atoms with Gasteiger partial charge in [-0.3, -0.25) is 0 Å². The van der Waals surface area contributed by atoms with Gasteiger partial charge in [-0.25, -0.2) is 0 Å². The van der Waals surface area contributed by atoms with Crippen molar-refractivity contribution in [2.45, 2.75) is 32.6 Å². The van der Waals surface area contributed by atoms with Crippen LogP contribution in [0.4, 0.5) is 0 Å². The Morgan fingerprint density at radius 1 is 1.41 bits per heavy atom. The smallest absolute Gasteiger partial charge is 0.141 e. The predicted molar refractivity (Wildman–Crippen MR) is 71.8 cm³/mol. The summed E-state index contributed by atoms with van der Waals surface area (Å²) >= 11 is 6.29. The lowest BCUT2D eigenvalue weighted by Gasteiger charge is -2.14. The fraction of sp³-hybridized carbons (Fsp3) is 0.571. The van der Waals surface area contributed by atoms with E-state index in [0.29, 0.717) is 6.54 Å². The molecule has 0 heterocycles. The van der Waals surface area contributed by atoms with Crippen molar-refractivity contribution >= 4 is 11.6 Å². The number of rotatable bonds is 6. The zero-order chi connectivity index (χ0) is 12.3. The van der Waals surface area contributed by atoms with E-state index in [-0.39, 0.29) is 0 Å². The largest absolute Gasteiger partial charge is 0.491 e. The van der Waals surface area contributed by atoms with Gasteiger partial charge in [0.1, 0.15) is 5.75 Å². The second-order valence-electron chi connectivity index (χ2n) is 4.71. The SMILES string of the molecule is CCc1cc(CCN)cc(Cl)c1OCC1CC1. The van der Waals surface area contributed by atoms with Crippen LogP contribution in [0.1, 0.15) is 30.9 Å². The van der Waals surface area contributed by atoms with Crippen LogP contribution in [0.15, 0.2) is 12.1 Å². The normalized spacial score (nSPS) is 15.0. The number of halogens is 1. The van der Waals surface area contributed by atoms with E-state index in [9.17, 15) is 0 Å². The Kier molecular flexibility index (Phi) is 4.30. The van der Waals surface area contributed by atoms with Crippen LogP contribution in [-0.4, -0.2) is 13.2 Å². The minimum absolute atomic E-state index is 0.655. The maximum absolute atomic E-state index is 6.29. The van der Waals surface area contributed by atoms with Gasteiger partial charge >= 0.3 is 0 Å². The number of nitrogens with two attached hydrogens (primary N) is 1. The van der Waals surface area contributed by atoms with Crippen molar-refractivity contribution in [1.29, 1.82) is 0 Å². The molecule has 1 aromatic rings. The summed E-state index contributed by atoms with van der Waals surface area (Å²) in [6, 6.07) is 4.15. The zero-order valence-electron chi connectivity index (χ0n) is 10.3. The lowest BCUT2D eigenvalue weighted by molar-refractivity contribution is 0.297. The summed E-state index contributed by atoms with van der Waals surface area (Å²) in [7, 11) is 0. The van der Waals surface area contributed by atoms with E-state index in [4.69, 9.17) is 22.1 Å². The topological polar surface area (TPSA) is 35.2 Å². The van der Waals surface area contributed by atoms with Crippen molar-refractivity contribution in [3.8, 4) is 5.75 Å². The number of aryl methyl sites for hydroxylation is 1. The van der Waals surface area contributed by atoms with Gasteiger partial charge in [-0.2, -0.15) is 0 Å². The highest BCUT2D eigenvalue weighted by Crippen LogP contribution is 2.34. The van der Waals surface area contributed by atoms with Crippen LogP contribution in [0.2, 0.25) is 5.02 Å². The lowest BCUT2D eigenvalue weighted by Crippen LogP contribution is -2.06. The van der Waals surface area contributed by atoms with Gasteiger partial charge in [-0.05, 0) is 55.3 Å². The molecule has 0 atom stereocenters. The molecule has 1 fully saturated rings. The molecule has 17 heavy (non-hydrogen) atoms. The van der Waals surface area contributed by atoms with Crippen LogP contribution in [-0.2, 0) is 12.8 Å². The monoisotopic (exact) mass is 253 g/mol. The molecule has 1 aliphatic rings. The summed E-state index contributed by atoms with van der Waals surface area (Å²) in [4.78, 5) is 0. The van der Waals surface area contributed by atoms with Crippen LogP contribution in [0.3, 0.4) is 0 Å². The molecule has 3 heteroatoms. The minimum Gasteiger partial charge on any atom is -0.491 e. The number of hydrogen-bond donors (Lipinski definition) is 1. The van der Waals surface area contributed by atoms with Crippen LogP contribution >= 0.6 is 11.6 Å². The molecule has 1 aliphatic carbocycles. The van der Waals surface area contributed by atoms with E-state index >= 15 is 0 Å². The van der Waals surface area contributed by atoms with Crippen molar-refractivity contribution in [1.82, 2.24) is 0 Å². The Morgan fingerprint density at radius 2 is 2.18 bits per heavy atom. The summed E-state index contributed by atoms with van der Waals surface area (Å²) in [5.41, 5.74) is 7.97. The van der Waals surface area contributed by atoms with Crippen LogP contribution in [0.25, 0.3) is 0 Å². The second-order valence-corrected chi connectivity index (χ2v) is 5.12. The van der Waals surface area contributed by atoms with Crippen molar-refractivity contribution in [3.63, 3.8) is 0 Å². The van der Waals surface area contributed by atoms with Crippen LogP contribution in [0, 0.1) is 5.92 Å². The summed E-state index contributed by atoms with van der Waals surface area (Å²) in [5.74, 6) is 1.63. The van der Waals surface area contributed by atoms with Crippen LogP contribution < -0.4 is 10.5 Å². The molecule has 2 nitrogen and oxygen atoms in total. The molecule has 1 saturated carbocycles. The maximum Gasteiger partial charge on any atom is 0.141 e. The third kappa shape index (κ3) is 3.36. The van der Waals surface area contributed by atoms with Crippen molar-refractivity contribution in [2.75, 3.05) is 13.2 Å². The van der Waals surface area contributed by atoms with Gasteiger partial charge in [0.05, 0.1) is 11.6 Å². The van der Waals surface area contributed by atoms with E-state index in [0.717, 1.165) is 36.1 Å². The number of hydrogen-bond acceptors (Lipinski definition) is 2. The van der Waals surface area contributed by atoms with Gasteiger partial charge in [-0.15, -0.1) is 0 Å². The molecule has 0 aromatic heterocycles. The van der Waals surface area contributed by atoms with Gasteiger partial charge in [0.15, 0.2) is 0 Å². The highest BCUT2D eigenvalue weighted by Gasteiger charge is 2.23. The molecule has 0 spiro atoms. The van der Waals surface area contributed by atoms with E-state index in [2.05, 4.69) is 13.0 Å². The summed E-state index contributed by atoms with van der Waals surface area (Å²) in [6.45, 7) is 3.59. The molecule has 94 valence electrons. The van der Waals surface area contributed by atoms with E-state index in [1.54, 1.807) is 0 Å². The van der Waals surface area contributed by atoms with E-state index < -0.39 is 0 Å². The summed E-state index contributed by atoms with van der Waals surface area (Å²) in [6.07, 6.45) is 4.41. The first-order chi connectivity index (χ1) is 8.24. The molecule has 2 rings (SSSR count). The maximum atomic E-state index is 6.29. The van der Waals surface area contributed by atoms with Crippen molar-refractivity contribution in [2.24, 2.45) is 11.7 Å². The molecule has 1 aromatic carbocycles. The van der Waals surface area contributed by atoms with Crippen LogP contribution in [0.5, 0.6) is 5.75 Å². The van der Waals surface area contributed by atoms with Gasteiger partial charge < -0.3 is 10.5 Å². The molecule has 0 amide bonds. The molecule has 0 saturated heterocycles. The first kappa shape index (κ1) is 12.7. The Labute approximate surface area is 108 Å². The van der Waals surface area contributed by atoms with Gasteiger partial charge in [0.25, 0.3) is 0 Å². The van der Waals surface area contributed by atoms with E-state index in [1.807, 2.05) is 6.07 Å². The third-order valence-corrected chi connectivity index (χ3v) is 3.44. The third-order valence-electron chi connectivity index (χ3n) is 3.15. The Morgan fingerprint density at radius 3 is 2.76 bits per heavy atom. The number of ether oxygens (including phenoxy) is 1. The van der Waals surface area contributed by atoms with Crippen molar-refractivity contribution < 1.29 is 4.74 Å². The summed E-state index contributed by atoms with van der Waals surface area (Å²) < 4.78 is 5.85. The quantitative estimate of drug-likeness (QED) is 0.845. The highest BCUT2D eigenvalue weighted by molar-refractivity contribution is 6.32. The van der Waals surface area contributed by atoms with Gasteiger partial charge in [0, 0.05) is 0 Å². The standard InChI is InChI=1S/C14H20ClNO/c1-2-12-7-11(5-6-16)8-13(15)14(12)17-9-10-3-4-10/h7-8,10H,2-6,9,16H2,1H3. The molecule has 0 bridgehead atoms.